The summed E-state index contributed by atoms with van der Waals surface area (Å²) in [7, 11) is 0. The Kier molecular flexibility index (Phi) is 5.22. The number of hydrogen-bond donors (Lipinski definition) is 3. The van der Waals surface area contributed by atoms with Crippen molar-refractivity contribution in [3.63, 3.8) is 0 Å². The van der Waals surface area contributed by atoms with Gasteiger partial charge in [-0.05, 0) is 52.3 Å². The van der Waals surface area contributed by atoms with Crippen LogP contribution in [0.15, 0.2) is 54.2 Å². The molecule has 0 fully saturated rings. The van der Waals surface area contributed by atoms with Crippen LogP contribution in [0.3, 0.4) is 0 Å². The molecule has 0 saturated heterocycles. The van der Waals surface area contributed by atoms with Crippen molar-refractivity contribution < 1.29 is 10.2 Å². The quantitative estimate of drug-likeness (QED) is 0.543. The van der Waals surface area contributed by atoms with Gasteiger partial charge in [0.1, 0.15) is 6.23 Å². The van der Waals surface area contributed by atoms with Crippen molar-refractivity contribution in [2.45, 2.75) is 31.4 Å². The van der Waals surface area contributed by atoms with E-state index < -0.39 is 6.23 Å². The van der Waals surface area contributed by atoms with Crippen LogP contribution in [0, 0.1) is 0 Å². The zero-order valence-corrected chi connectivity index (χ0v) is 17.2. The molecule has 1 aromatic heterocycles. The lowest BCUT2D eigenvalue weighted by atomic mass is 9.98. The average Bonchev–Trinajstić information content (AvgIpc) is 3.34. The van der Waals surface area contributed by atoms with Crippen molar-refractivity contribution in [2.75, 3.05) is 18.8 Å². The molecule has 4 nitrogen and oxygen atoms in total. The monoisotopic (exact) mass is 406 g/mol. The van der Waals surface area contributed by atoms with Crippen LogP contribution in [0.25, 0.3) is 16.5 Å². The molecule has 1 aliphatic heterocycles. The molecule has 0 saturated carbocycles. The van der Waals surface area contributed by atoms with Crippen molar-refractivity contribution in [3.05, 3.63) is 76.5 Å². The van der Waals surface area contributed by atoms with Crippen molar-refractivity contribution in [1.82, 2.24) is 9.88 Å². The van der Waals surface area contributed by atoms with Crippen LogP contribution in [0.2, 0.25) is 0 Å². The Morgan fingerprint density at radius 3 is 2.90 bits per heavy atom. The minimum Gasteiger partial charge on any atom is -0.392 e. The van der Waals surface area contributed by atoms with Crippen LogP contribution in [-0.4, -0.2) is 45.2 Å². The van der Waals surface area contributed by atoms with Gasteiger partial charge in [0.2, 0.25) is 0 Å². The van der Waals surface area contributed by atoms with Crippen LogP contribution < -0.4 is 0 Å². The molecule has 1 atom stereocenters. The lowest BCUT2D eigenvalue weighted by molar-refractivity contribution is 0.0324. The van der Waals surface area contributed by atoms with Crippen LogP contribution in [0.4, 0.5) is 0 Å². The minimum absolute atomic E-state index is 0.0622. The molecule has 1 unspecified atom stereocenters. The topological polar surface area (TPSA) is 59.5 Å². The number of aromatic amines is 1. The molecular weight excluding hydrogens is 380 g/mol. The second-order valence-electron chi connectivity index (χ2n) is 7.86. The van der Waals surface area contributed by atoms with E-state index in [0.717, 1.165) is 53.9 Å². The Bertz CT molecular complexity index is 1070. The lowest BCUT2D eigenvalue weighted by Crippen LogP contribution is -2.41. The molecule has 29 heavy (non-hydrogen) atoms. The number of benzene rings is 2. The molecule has 0 spiro atoms. The predicted molar refractivity (Wildman–Crippen MR) is 120 cm³/mol. The van der Waals surface area contributed by atoms with Gasteiger partial charge in [-0.3, -0.25) is 4.90 Å². The summed E-state index contributed by atoms with van der Waals surface area (Å²) >= 11 is 1.88. The molecule has 2 aromatic carbocycles. The van der Waals surface area contributed by atoms with Gasteiger partial charge in [0.25, 0.3) is 0 Å². The van der Waals surface area contributed by atoms with E-state index in [9.17, 15) is 10.2 Å². The summed E-state index contributed by atoms with van der Waals surface area (Å²) in [4.78, 5) is 5.53. The third-order valence-electron chi connectivity index (χ3n) is 6.24. The molecule has 1 aliphatic carbocycles. The zero-order chi connectivity index (χ0) is 19.8. The van der Waals surface area contributed by atoms with E-state index in [4.69, 9.17) is 0 Å². The summed E-state index contributed by atoms with van der Waals surface area (Å²) < 4.78 is 0. The largest absolute Gasteiger partial charge is 0.392 e. The van der Waals surface area contributed by atoms with Crippen molar-refractivity contribution in [1.29, 1.82) is 0 Å². The lowest BCUT2D eigenvalue weighted by Gasteiger charge is -2.33. The molecule has 0 amide bonds. The van der Waals surface area contributed by atoms with Crippen LogP contribution >= 0.6 is 11.8 Å². The van der Waals surface area contributed by atoms with E-state index in [-0.39, 0.29) is 6.61 Å². The summed E-state index contributed by atoms with van der Waals surface area (Å²) in [6, 6.07) is 14.6. The molecule has 3 N–H and O–H groups in total. The smallest absolute Gasteiger partial charge is 0.130 e. The van der Waals surface area contributed by atoms with E-state index in [2.05, 4.69) is 46.4 Å². The first-order valence-electron chi connectivity index (χ1n) is 10.2. The molecule has 2 aliphatic rings. The number of fused-ring (bicyclic) bond motifs is 3. The van der Waals surface area contributed by atoms with E-state index in [1.165, 1.54) is 27.8 Å². The Labute approximate surface area is 175 Å². The molecule has 150 valence electrons. The van der Waals surface area contributed by atoms with Crippen LogP contribution in [0.1, 0.15) is 28.7 Å². The average molecular weight is 407 g/mol. The summed E-state index contributed by atoms with van der Waals surface area (Å²) in [6.45, 7) is 1.86. The van der Waals surface area contributed by atoms with Crippen molar-refractivity contribution >= 4 is 28.2 Å². The van der Waals surface area contributed by atoms with Gasteiger partial charge >= 0.3 is 0 Å². The Balaban J connectivity index is 1.20. The molecule has 0 radical (unpaired) electrons. The molecular formula is C24H26N2O2S. The van der Waals surface area contributed by atoms with Gasteiger partial charge in [-0.15, -0.1) is 0 Å². The number of hydrogen-bond acceptors (Lipinski definition) is 4. The SMILES string of the molecule is OCc1cccc2[nH]cc(CSCCN3CCC4=C(Cc5ccccc54)C3O)c12. The number of nitrogens with one attached hydrogen (secondary N) is 1. The van der Waals surface area contributed by atoms with Gasteiger partial charge < -0.3 is 15.2 Å². The third-order valence-corrected chi connectivity index (χ3v) is 7.23. The maximum absolute atomic E-state index is 10.9. The highest BCUT2D eigenvalue weighted by Crippen LogP contribution is 2.40. The van der Waals surface area contributed by atoms with E-state index in [1.807, 2.05) is 23.9 Å². The second-order valence-corrected chi connectivity index (χ2v) is 8.97. The van der Waals surface area contributed by atoms with Gasteiger partial charge in [0.05, 0.1) is 6.61 Å². The zero-order valence-electron chi connectivity index (χ0n) is 16.4. The highest BCUT2D eigenvalue weighted by molar-refractivity contribution is 7.98. The molecule has 3 aromatic rings. The molecule has 0 bridgehead atoms. The van der Waals surface area contributed by atoms with Gasteiger partial charge in [-0.2, -0.15) is 11.8 Å². The predicted octanol–water partition coefficient (Wildman–Crippen LogP) is 3.93. The Morgan fingerprint density at radius 2 is 2.00 bits per heavy atom. The summed E-state index contributed by atoms with van der Waals surface area (Å²) in [5.74, 6) is 1.88. The molecule has 5 heteroatoms. The van der Waals surface area contributed by atoms with Gasteiger partial charge in [-0.25, -0.2) is 0 Å². The highest BCUT2D eigenvalue weighted by Gasteiger charge is 2.32. The van der Waals surface area contributed by atoms with Crippen molar-refractivity contribution in [3.8, 4) is 0 Å². The van der Waals surface area contributed by atoms with Gasteiger partial charge in [-0.1, -0.05) is 36.4 Å². The minimum atomic E-state index is -0.458. The number of aliphatic hydroxyl groups is 2. The van der Waals surface area contributed by atoms with Gasteiger partial charge in [0.15, 0.2) is 0 Å². The highest BCUT2D eigenvalue weighted by atomic mass is 32.2. The first-order valence-corrected chi connectivity index (χ1v) is 11.4. The van der Waals surface area contributed by atoms with Crippen LogP contribution in [-0.2, 0) is 18.8 Å². The number of H-pyrrole nitrogens is 1. The fraction of sp³-hybridized carbons (Fsp3) is 0.333. The number of aliphatic hydroxyl groups excluding tert-OH is 2. The third kappa shape index (κ3) is 3.42. The van der Waals surface area contributed by atoms with E-state index >= 15 is 0 Å². The first-order chi connectivity index (χ1) is 14.3. The van der Waals surface area contributed by atoms with E-state index in [0.29, 0.717) is 0 Å². The fourth-order valence-corrected chi connectivity index (χ4v) is 5.73. The number of nitrogens with zero attached hydrogens (tertiary/aromatic N) is 1. The number of aromatic nitrogens is 1. The normalized spacial score (nSPS) is 19.0. The number of thioether (sulfide) groups is 1. The van der Waals surface area contributed by atoms with Gasteiger partial charge in [0, 0.05) is 41.7 Å². The molecule has 2 heterocycles. The summed E-state index contributed by atoms with van der Waals surface area (Å²) in [6.07, 6.45) is 3.51. The summed E-state index contributed by atoms with van der Waals surface area (Å²) in [5, 5.41) is 21.7. The Morgan fingerprint density at radius 1 is 1.10 bits per heavy atom. The summed E-state index contributed by atoms with van der Waals surface area (Å²) in [5.41, 5.74) is 8.57. The second kappa shape index (κ2) is 8.00. The Hall–Kier alpha value is -2.05. The van der Waals surface area contributed by atoms with E-state index in [1.54, 1.807) is 0 Å². The maximum atomic E-state index is 10.9. The van der Waals surface area contributed by atoms with Crippen molar-refractivity contribution in [2.24, 2.45) is 0 Å². The van der Waals surface area contributed by atoms with Crippen LogP contribution in [0.5, 0.6) is 0 Å². The number of rotatable bonds is 6. The standard InChI is InChI=1S/C24H26N2O2S/c27-14-17-5-3-7-22-23(17)18(13-25-22)15-29-11-10-26-9-8-20-19-6-2-1-4-16(19)12-21(20)24(26)28/h1-7,13,24-25,27-28H,8-12,14-15H2. The first kappa shape index (κ1) is 18.9. The molecule has 5 rings (SSSR count). The maximum Gasteiger partial charge on any atom is 0.130 e. The fourth-order valence-electron chi connectivity index (χ4n) is 4.77.